The third kappa shape index (κ3) is 5.48. The fraction of sp³-hybridized carbons (Fsp3) is 0.0455. The molecule has 0 spiro atoms. The highest BCUT2D eigenvalue weighted by Gasteiger charge is 2.14. The van der Waals surface area contributed by atoms with Crippen LogP contribution in [0.1, 0.15) is 20.7 Å². The number of halogens is 2. The lowest BCUT2D eigenvalue weighted by molar-refractivity contribution is -0.115. The van der Waals surface area contributed by atoms with Gasteiger partial charge in [0.15, 0.2) is 0 Å². The first kappa shape index (κ1) is 20.7. The minimum absolute atomic E-state index is 0.298. The maximum Gasteiger partial charge on any atom is 0.255 e. The van der Waals surface area contributed by atoms with Crippen LogP contribution in [0.15, 0.2) is 72.8 Å². The molecule has 0 fully saturated rings. The predicted molar refractivity (Wildman–Crippen MR) is 108 cm³/mol. The number of rotatable bonds is 6. The molecule has 152 valence electrons. The Hall–Kier alpha value is -4.07. The molecule has 0 atom stereocenters. The Kier molecular flexibility index (Phi) is 6.49. The second-order valence-electron chi connectivity index (χ2n) is 6.26. The van der Waals surface area contributed by atoms with Crippen molar-refractivity contribution >= 4 is 29.1 Å². The Bertz CT molecular complexity index is 1090. The van der Waals surface area contributed by atoms with Gasteiger partial charge < -0.3 is 16.0 Å². The molecular formula is C22H17F2N3O3. The summed E-state index contributed by atoms with van der Waals surface area (Å²) in [6.07, 6.45) is 0. The van der Waals surface area contributed by atoms with Crippen molar-refractivity contribution in [2.45, 2.75) is 0 Å². The third-order valence-electron chi connectivity index (χ3n) is 4.03. The summed E-state index contributed by atoms with van der Waals surface area (Å²) in [7, 11) is 0. The molecule has 0 heterocycles. The summed E-state index contributed by atoms with van der Waals surface area (Å²) in [6, 6.07) is 17.6. The van der Waals surface area contributed by atoms with E-state index >= 15 is 0 Å². The standard InChI is InChI=1S/C22H17F2N3O3/c23-15-9-10-18(19(24)11-15)22(30)25-13-20(28)26-16-7-4-8-17(12-16)27-21(29)14-5-2-1-3-6-14/h1-12H,13H2,(H,25,30)(H,26,28)(H,27,29). The zero-order chi connectivity index (χ0) is 21.5. The zero-order valence-electron chi connectivity index (χ0n) is 15.6. The highest BCUT2D eigenvalue weighted by Crippen LogP contribution is 2.16. The summed E-state index contributed by atoms with van der Waals surface area (Å²) in [5.41, 5.74) is 0.990. The largest absolute Gasteiger partial charge is 0.343 e. The quantitative estimate of drug-likeness (QED) is 0.582. The van der Waals surface area contributed by atoms with Crippen molar-refractivity contribution in [1.82, 2.24) is 5.32 Å². The van der Waals surface area contributed by atoms with Gasteiger partial charge in [-0.15, -0.1) is 0 Å². The van der Waals surface area contributed by atoms with Crippen LogP contribution in [0.25, 0.3) is 0 Å². The predicted octanol–water partition coefficient (Wildman–Crippen LogP) is 3.59. The van der Waals surface area contributed by atoms with Crippen LogP contribution in [0.2, 0.25) is 0 Å². The highest BCUT2D eigenvalue weighted by molar-refractivity contribution is 6.05. The Morgan fingerprint density at radius 3 is 2.13 bits per heavy atom. The molecule has 3 amide bonds. The van der Waals surface area contributed by atoms with Gasteiger partial charge in [0.05, 0.1) is 12.1 Å². The van der Waals surface area contributed by atoms with Crippen LogP contribution in [0, 0.1) is 11.6 Å². The van der Waals surface area contributed by atoms with Gasteiger partial charge >= 0.3 is 0 Å². The normalized spacial score (nSPS) is 10.2. The number of carbonyl (C=O) groups excluding carboxylic acids is 3. The maximum atomic E-state index is 13.6. The zero-order valence-corrected chi connectivity index (χ0v) is 15.6. The molecule has 0 saturated heterocycles. The van der Waals surface area contributed by atoms with Gasteiger partial charge in [0.25, 0.3) is 11.8 Å². The molecule has 0 radical (unpaired) electrons. The molecule has 0 aliphatic rings. The molecule has 0 bridgehead atoms. The molecule has 0 aromatic heterocycles. The minimum atomic E-state index is -1.02. The van der Waals surface area contributed by atoms with Crippen LogP contribution in [-0.4, -0.2) is 24.3 Å². The SMILES string of the molecule is O=C(CNC(=O)c1ccc(F)cc1F)Nc1cccc(NC(=O)c2ccccc2)c1. The molecule has 3 aromatic rings. The van der Waals surface area contributed by atoms with E-state index in [4.69, 9.17) is 0 Å². The van der Waals surface area contributed by atoms with E-state index in [1.54, 1.807) is 54.6 Å². The summed E-state index contributed by atoms with van der Waals surface area (Å²) in [5.74, 6) is -3.52. The number of anilines is 2. The molecule has 0 saturated carbocycles. The van der Waals surface area contributed by atoms with Crippen molar-refractivity contribution in [3.05, 3.63) is 95.6 Å². The van der Waals surface area contributed by atoms with Gasteiger partial charge in [-0.3, -0.25) is 14.4 Å². The van der Waals surface area contributed by atoms with Crippen LogP contribution in [-0.2, 0) is 4.79 Å². The van der Waals surface area contributed by atoms with Crippen LogP contribution >= 0.6 is 0 Å². The van der Waals surface area contributed by atoms with E-state index < -0.39 is 30.0 Å². The van der Waals surface area contributed by atoms with Crippen LogP contribution in [0.5, 0.6) is 0 Å². The second kappa shape index (κ2) is 9.42. The van der Waals surface area contributed by atoms with Gasteiger partial charge in [-0.05, 0) is 42.5 Å². The van der Waals surface area contributed by atoms with Gasteiger partial charge in [0.1, 0.15) is 11.6 Å². The molecular weight excluding hydrogens is 392 g/mol. The molecule has 3 N–H and O–H groups in total. The van der Waals surface area contributed by atoms with Gasteiger partial charge in [0.2, 0.25) is 5.91 Å². The Balaban J connectivity index is 1.56. The van der Waals surface area contributed by atoms with Gasteiger partial charge in [0, 0.05) is 23.0 Å². The summed E-state index contributed by atoms with van der Waals surface area (Å²) >= 11 is 0. The van der Waals surface area contributed by atoms with Crippen LogP contribution in [0.4, 0.5) is 20.2 Å². The smallest absolute Gasteiger partial charge is 0.255 e. The first-order valence-electron chi connectivity index (χ1n) is 8.92. The Labute approximate surface area is 170 Å². The minimum Gasteiger partial charge on any atom is -0.343 e. The van der Waals surface area contributed by atoms with E-state index in [9.17, 15) is 23.2 Å². The first-order chi connectivity index (χ1) is 14.4. The molecule has 6 nitrogen and oxygen atoms in total. The summed E-state index contributed by atoms with van der Waals surface area (Å²) in [5, 5.41) is 7.55. The Morgan fingerprint density at radius 1 is 0.733 bits per heavy atom. The molecule has 0 unspecified atom stereocenters. The molecule has 3 aromatic carbocycles. The van der Waals surface area contributed by atoms with E-state index in [2.05, 4.69) is 16.0 Å². The molecule has 0 aliphatic carbocycles. The number of carbonyl (C=O) groups is 3. The number of benzene rings is 3. The van der Waals surface area contributed by atoms with E-state index in [1.807, 2.05) is 0 Å². The maximum absolute atomic E-state index is 13.6. The van der Waals surface area contributed by atoms with Crippen molar-refractivity contribution < 1.29 is 23.2 Å². The fourth-order valence-corrected chi connectivity index (χ4v) is 2.60. The lowest BCUT2D eigenvalue weighted by Crippen LogP contribution is -2.33. The first-order valence-corrected chi connectivity index (χ1v) is 8.92. The van der Waals surface area contributed by atoms with Crippen molar-refractivity contribution in [2.24, 2.45) is 0 Å². The number of hydrogen-bond donors (Lipinski definition) is 3. The monoisotopic (exact) mass is 409 g/mol. The topological polar surface area (TPSA) is 87.3 Å². The van der Waals surface area contributed by atoms with E-state index in [-0.39, 0.29) is 11.5 Å². The highest BCUT2D eigenvalue weighted by atomic mass is 19.1. The molecule has 30 heavy (non-hydrogen) atoms. The van der Waals surface area contributed by atoms with Gasteiger partial charge in [-0.1, -0.05) is 24.3 Å². The lowest BCUT2D eigenvalue weighted by Gasteiger charge is -2.10. The molecule has 8 heteroatoms. The van der Waals surface area contributed by atoms with Crippen LogP contribution < -0.4 is 16.0 Å². The lowest BCUT2D eigenvalue weighted by atomic mass is 10.2. The Morgan fingerprint density at radius 2 is 1.43 bits per heavy atom. The molecule has 0 aliphatic heterocycles. The number of amides is 3. The van der Waals surface area contributed by atoms with Crippen LogP contribution in [0.3, 0.4) is 0 Å². The van der Waals surface area contributed by atoms with E-state index in [0.717, 1.165) is 12.1 Å². The van der Waals surface area contributed by atoms with Gasteiger partial charge in [-0.2, -0.15) is 0 Å². The van der Waals surface area contributed by atoms with Crippen molar-refractivity contribution in [3.8, 4) is 0 Å². The van der Waals surface area contributed by atoms with Gasteiger partial charge in [-0.25, -0.2) is 8.78 Å². The third-order valence-corrected chi connectivity index (χ3v) is 4.03. The summed E-state index contributed by atoms with van der Waals surface area (Å²) < 4.78 is 26.5. The summed E-state index contributed by atoms with van der Waals surface area (Å²) in [4.78, 5) is 36.2. The second-order valence-corrected chi connectivity index (χ2v) is 6.26. The molecule has 3 rings (SSSR count). The number of nitrogens with one attached hydrogen (secondary N) is 3. The van der Waals surface area contributed by atoms with E-state index in [1.165, 1.54) is 0 Å². The van der Waals surface area contributed by atoms with E-state index in [0.29, 0.717) is 23.0 Å². The average Bonchev–Trinajstić information content (AvgIpc) is 2.73. The van der Waals surface area contributed by atoms with Crippen molar-refractivity contribution in [3.63, 3.8) is 0 Å². The van der Waals surface area contributed by atoms with Crippen molar-refractivity contribution in [2.75, 3.05) is 17.2 Å². The fourth-order valence-electron chi connectivity index (χ4n) is 2.60. The number of hydrogen-bond acceptors (Lipinski definition) is 3. The average molecular weight is 409 g/mol. The summed E-state index contributed by atoms with van der Waals surface area (Å²) in [6.45, 7) is -0.420. The van der Waals surface area contributed by atoms with Crippen molar-refractivity contribution in [1.29, 1.82) is 0 Å².